The molecule has 0 atom stereocenters. The lowest BCUT2D eigenvalue weighted by molar-refractivity contribution is 0.122. The van der Waals surface area contributed by atoms with Crippen LogP contribution in [0, 0.1) is 11.3 Å². The van der Waals surface area contributed by atoms with Gasteiger partial charge >= 0.3 is 0 Å². The van der Waals surface area contributed by atoms with Crippen molar-refractivity contribution in [2.24, 2.45) is 0 Å². The van der Waals surface area contributed by atoms with Gasteiger partial charge in [-0.25, -0.2) is 0 Å². The summed E-state index contributed by atoms with van der Waals surface area (Å²) in [6.45, 7) is 2.64. The number of nitrogens with zero attached hydrogens (tertiary/aromatic N) is 5. The van der Waals surface area contributed by atoms with Crippen molar-refractivity contribution in [3.8, 4) is 11.8 Å². The molecule has 1 aromatic heterocycles. The zero-order valence-corrected chi connectivity index (χ0v) is 16.9. The second-order valence-corrected chi connectivity index (χ2v) is 7.21. The first-order chi connectivity index (χ1) is 14.2. The standard InChI is InChI=1S/C21H17Cl2N5O/c22-18-7-4-8-19(23)17(18)13-15(14-24)20-25-26-21(27-9-11-29-12-10-27)28(20)16-5-2-1-3-6-16/h1-8,13H,9-12H2/b15-13+. The van der Waals surface area contributed by atoms with Gasteiger partial charge in [-0.1, -0.05) is 47.5 Å². The largest absolute Gasteiger partial charge is 0.378 e. The number of nitriles is 1. The van der Waals surface area contributed by atoms with Crippen LogP contribution in [-0.2, 0) is 4.74 Å². The predicted octanol–water partition coefficient (Wildman–Crippen LogP) is 4.47. The van der Waals surface area contributed by atoms with Crippen LogP contribution in [0.3, 0.4) is 0 Å². The highest BCUT2D eigenvalue weighted by atomic mass is 35.5. The van der Waals surface area contributed by atoms with Crippen LogP contribution in [0.5, 0.6) is 0 Å². The van der Waals surface area contributed by atoms with E-state index in [2.05, 4.69) is 21.2 Å². The Morgan fingerprint density at radius 1 is 1.00 bits per heavy atom. The number of benzene rings is 2. The first-order valence-electron chi connectivity index (χ1n) is 9.09. The van der Waals surface area contributed by atoms with Crippen molar-refractivity contribution in [2.45, 2.75) is 0 Å². The molecule has 0 unspecified atom stereocenters. The van der Waals surface area contributed by atoms with Gasteiger partial charge in [-0.15, -0.1) is 10.2 Å². The molecule has 146 valence electrons. The second kappa shape index (κ2) is 8.66. The predicted molar refractivity (Wildman–Crippen MR) is 114 cm³/mol. The third kappa shape index (κ3) is 3.99. The summed E-state index contributed by atoms with van der Waals surface area (Å²) >= 11 is 12.6. The number of halogens is 2. The first kappa shape index (κ1) is 19.5. The number of rotatable bonds is 4. The Morgan fingerprint density at radius 3 is 2.34 bits per heavy atom. The van der Waals surface area contributed by atoms with Crippen LogP contribution in [0.2, 0.25) is 10.0 Å². The Labute approximate surface area is 178 Å². The SMILES string of the molecule is N#C/C(=C\c1c(Cl)cccc1Cl)c1nnc(N2CCOCC2)n1-c1ccccc1. The van der Waals surface area contributed by atoms with Crippen molar-refractivity contribution in [1.82, 2.24) is 14.8 Å². The van der Waals surface area contributed by atoms with Crippen LogP contribution >= 0.6 is 23.2 Å². The van der Waals surface area contributed by atoms with E-state index < -0.39 is 0 Å². The van der Waals surface area contributed by atoms with Crippen LogP contribution in [0.1, 0.15) is 11.4 Å². The summed E-state index contributed by atoms with van der Waals surface area (Å²) in [5.41, 5.74) is 1.75. The van der Waals surface area contributed by atoms with E-state index in [1.165, 1.54) is 0 Å². The number of anilines is 1. The number of allylic oxidation sites excluding steroid dienone is 1. The Balaban J connectivity index is 1.88. The summed E-state index contributed by atoms with van der Waals surface area (Å²) in [4.78, 5) is 2.10. The number of morpholine rings is 1. The average Bonchev–Trinajstić information content (AvgIpc) is 3.20. The van der Waals surface area contributed by atoms with Gasteiger partial charge in [0, 0.05) is 28.7 Å². The molecule has 2 aromatic carbocycles. The molecule has 1 fully saturated rings. The van der Waals surface area contributed by atoms with Gasteiger partial charge in [0.1, 0.15) is 6.07 Å². The fraction of sp³-hybridized carbons (Fsp3) is 0.190. The number of para-hydroxylation sites is 1. The molecule has 0 aliphatic carbocycles. The molecule has 2 heterocycles. The number of ether oxygens (including phenoxy) is 1. The molecule has 1 saturated heterocycles. The Kier molecular flexibility index (Phi) is 5.81. The minimum Gasteiger partial charge on any atom is -0.378 e. The van der Waals surface area contributed by atoms with Crippen molar-refractivity contribution in [3.63, 3.8) is 0 Å². The van der Waals surface area contributed by atoms with Crippen molar-refractivity contribution in [1.29, 1.82) is 5.26 Å². The smallest absolute Gasteiger partial charge is 0.232 e. The van der Waals surface area contributed by atoms with Crippen LogP contribution in [0.4, 0.5) is 5.95 Å². The molecular weight excluding hydrogens is 409 g/mol. The second-order valence-electron chi connectivity index (χ2n) is 6.40. The first-order valence-corrected chi connectivity index (χ1v) is 9.84. The minimum atomic E-state index is 0.316. The van der Waals surface area contributed by atoms with Gasteiger partial charge in [0.15, 0.2) is 5.82 Å². The molecule has 6 nitrogen and oxygen atoms in total. The van der Waals surface area contributed by atoms with Crippen LogP contribution in [0.25, 0.3) is 17.3 Å². The van der Waals surface area contributed by atoms with Gasteiger partial charge in [0.2, 0.25) is 5.95 Å². The van der Waals surface area contributed by atoms with E-state index in [9.17, 15) is 5.26 Å². The molecule has 1 aliphatic rings. The molecule has 0 amide bonds. The van der Waals surface area contributed by atoms with Gasteiger partial charge in [-0.2, -0.15) is 5.26 Å². The normalized spacial score (nSPS) is 14.7. The summed E-state index contributed by atoms with van der Waals surface area (Å²) in [7, 11) is 0. The zero-order chi connectivity index (χ0) is 20.2. The highest BCUT2D eigenvalue weighted by molar-refractivity contribution is 6.37. The summed E-state index contributed by atoms with van der Waals surface area (Å²) in [6, 6.07) is 17.2. The Morgan fingerprint density at radius 2 is 1.69 bits per heavy atom. The fourth-order valence-corrected chi connectivity index (χ4v) is 3.68. The number of hydrogen-bond acceptors (Lipinski definition) is 5. The van der Waals surface area contributed by atoms with Crippen LogP contribution < -0.4 is 4.90 Å². The Hall–Kier alpha value is -2.85. The lowest BCUT2D eigenvalue weighted by Crippen LogP contribution is -2.38. The molecule has 4 rings (SSSR count). The average molecular weight is 426 g/mol. The van der Waals surface area contributed by atoms with E-state index in [1.807, 2.05) is 34.9 Å². The molecule has 0 N–H and O–H groups in total. The van der Waals surface area contributed by atoms with Gasteiger partial charge in [-0.05, 0) is 30.3 Å². The van der Waals surface area contributed by atoms with Crippen molar-refractivity contribution in [2.75, 3.05) is 31.2 Å². The molecule has 3 aromatic rings. The summed E-state index contributed by atoms with van der Waals surface area (Å²) in [5.74, 6) is 1.09. The van der Waals surface area contributed by atoms with E-state index in [1.54, 1.807) is 24.3 Å². The summed E-state index contributed by atoms with van der Waals surface area (Å²) in [6.07, 6.45) is 1.65. The molecule has 1 aliphatic heterocycles. The highest BCUT2D eigenvalue weighted by Crippen LogP contribution is 2.31. The molecular formula is C21H17Cl2N5O. The van der Waals surface area contributed by atoms with Crippen molar-refractivity contribution >= 4 is 40.8 Å². The molecule has 29 heavy (non-hydrogen) atoms. The van der Waals surface area contributed by atoms with Gasteiger partial charge < -0.3 is 9.64 Å². The maximum Gasteiger partial charge on any atom is 0.232 e. The lowest BCUT2D eigenvalue weighted by atomic mass is 10.1. The quantitative estimate of drug-likeness (QED) is 0.576. The highest BCUT2D eigenvalue weighted by Gasteiger charge is 2.23. The Bertz CT molecular complexity index is 1060. The summed E-state index contributed by atoms with van der Waals surface area (Å²) in [5, 5.41) is 19.6. The van der Waals surface area contributed by atoms with Crippen LogP contribution in [0.15, 0.2) is 48.5 Å². The van der Waals surface area contributed by atoms with Gasteiger partial charge in [-0.3, -0.25) is 4.57 Å². The third-order valence-corrected chi connectivity index (χ3v) is 5.26. The van der Waals surface area contributed by atoms with E-state index in [4.69, 9.17) is 27.9 Å². The van der Waals surface area contributed by atoms with E-state index in [-0.39, 0.29) is 0 Å². The van der Waals surface area contributed by atoms with Crippen molar-refractivity contribution < 1.29 is 4.74 Å². The lowest BCUT2D eigenvalue weighted by Gasteiger charge is -2.28. The number of aromatic nitrogens is 3. The maximum atomic E-state index is 9.89. The van der Waals surface area contributed by atoms with Gasteiger partial charge in [0.05, 0.1) is 24.5 Å². The zero-order valence-electron chi connectivity index (χ0n) is 15.4. The monoisotopic (exact) mass is 425 g/mol. The number of hydrogen-bond donors (Lipinski definition) is 0. The molecule has 0 saturated carbocycles. The molecule has 0 spiro atoms. The minimum absolute atomic E-state index is 0.316. The van der Waals surface area contributed by atoms with E-state index in [0.717, 1.165) is 5.69 Å². The van der Waals surface area contributed by atoms with E-state index >= 15 is 0 Å². The molecule has 0 bridgehead atoms. The molecule has 8 heteroatoms. The van der Waals surface area contributed by atoms with Crippen LogP contribution in [-0.4, -0.2) is 41.1 Å². The maximum absolute atomic E-state index is 9.89. The third-order valence-electron chi connectivity index (χ3n) is 4.60. The van der Waals surface area contributed by atoms with Crippen molar-refractivity contribution in [3.05, 3.63) is 70.0 Å². The van der Waals surface area contributed by atoms with E-state index in [0.29, 0.717) is 59.3 Å². The van der Waals surface area contributed by atoms with Gasteiger partial charge in [0.25, 0.3) is 0 Å². The molecule has 0 radical (unpaired) electrons. The topological polar surface area (TPSA) is 67.0 Å². The summed E-state index contributed by atoms with van der Waals surface area (Å²) < 4.78 is 7.34. The fourth-order valence-electron chi connectivity index (χ4n) is 3.17.